The maximum Gasteiger partial charge on any atom is 0.119 e. The van der Waals surface area contributed by atoms with Crippen molar-refractivity contribution in [3.8, 4) is 5.75 Å². The smallest absolute Gasteiger partial charge is 0.119 e. The molecular weight excluding hydrogens is 270 g/mol. The minimum absolute atomic E-state index is 0.119. The second kappa shape index (κ2) is 7.20. The molecule has 0 radical (unpaired) electrons. The lowest BCUT2D eigenvalue weighted by molar-refractivity contribution is 0.210. The van der Waals surface area contributed by atoms with Crippen molar-refractivity contribution in [2.24, 2.45) is 0 Å². The van der Waals surface area contributed by atoms with E-state index in [1.165, 1.54) is 5.56 Å². The molecule has 106 valence electrons. The normalized spacial score (nSPS) is 11.9. The van der Waals surface area contributed by atoms with Gasteiger partial charge in [-0.3, -0.25) is 0 Å². The van der Waals surface area contributed by atoms with Crippen molar-refractivity contribution in [2.75, 3.05) is 11.9 Å². The molecule has 1 N–H and O–H groups in total. The number of ether oxygens (including phenoxy) is 1. The number of aryl methyl sites for hydroxylation is 1. The summed E-state index contributed by atoms with van der Waals surface area (Å²) < 4.78 is 5.97. The number of hydrogen-bond acceptors (Lipinski definition) is 2. The van der Waals surface area contributed by atoms with Crippen LogP contribution < -0.4 is 10.1 Å². The van der Waals surface area contributed by atoms with Crippen LogP contribution in [-0.4, -0.2) is 12.6 Å². The van der Waals surface area contributed by atoms with E-state index < -0.39 is 0 Å². The molecular formula is C17H20ClNO. The van der Waals surface area contributed by atoms with E-state index >= 15 is 0 Å². The molecule has 3 heteroatoms. The van der Waals surface area contributed by atoms with E-state index in [1.54, 1.807) is 0 Å². The number of hydrogen-bond donors (Lipinski definition) is 1. The average Bonchev–Trinajstić information content (AvgIpc) is 2.47. The van der Waals surface area contributed by atoms with Crippen LogP contribution >= 0.6 is 11.6 Å². The van der Waals surface area contributed by atoms with Gasteiger partial charge in [0, 0.05) is 0 Å². The van der Waals surface area contributed by atoms with Crippen LogP contribution in [0.1, 0.15) is 18.9 Å². The lowest BCUT2D eigenvalue weighted by atomic mass is 10.2. The zero-order chi connectivity index (χ0) is 14.4. The SMILES string of the molecule is CC[C@@H](CNc1ccccc1Cl)Oc1ccc(C)cc1. The van der Waals surface area contributed by atoms with Crippen molar-refractivity contribution in [3.05, 3.63) is 59.1 Å². The van der Waals surface area contributed by atoms with Gasteiger partial charge in [0.1, 0.15) is 11.9 Å². The third-order valence-electron chi connectivity index (χ3n) is 3.17. The van der Waals surface area contributed by atoms with Crippen molar-refractivity contribution in [2.45, 2.75) is 26.4 Å². The highest BCUT2D eigenvalue weighted by Crippen LogP contribution is 2.21. The van der Waals surface area contributed by atoms with E-state index in [2.05, 4.69) is 31.3 Å². The van der Waals surface area contributed by atoms with Gasteiger partial charge in [0.15, 0.2) is 0 Å². The second-order valence-corrected chi connectivity index (χ2v) is 5.23. The molecule has 2 aromatic rings. The molecule has 2 nitrogen and oxygen atoms in total. The Balaban J connectivity index is 1.92. The third-order valence-corrected chi connectivity index (χ3v) is 3.50. The number of benzene rings is 2. The van der Waals surface area contributed by atoms with Gasteiger partial charge in [-0.15, -0.1) is 0 Å². The average molecular weight is 290 g/mol. The Hall–Kier alpha value is -1.67. The van der Waals surface area contributed by atoms with Crippen molar-refractivity contribution in [1.29, 1.82) is 0 Å². The first-order valence-electron chi connectivity index (χ1n) is 6.90. The van der Waals surface area contributed by atoms with Crippen molar-refractivity contribution >= 4 is 17.3 Å². The zero-order valence-electron chi connectivity index (χ0n) is 11.9. The first-order valence-corrected chi connectivity index (χ1v) is 7.28. The highest BCUT2D eigenvalue weighted by Gasteiger charge is 2.09. The molecule has 0 aliphatic heterocycles. The molecule has 0 aliphatic carbocycles. The fraction of sp³-hybridized carbons (Fsp3) is 0.294. The maximum absolute atomic E-state index is 6.13. The Morgan fingerprint density at radius 3 is 2.45 bits per heavy atom. The molecule has 0 saturated carbocycles. The maximum atomic E-state index is 6.13. The molecule has 0 unspecified atom stereocenters. The predicted molar refractivity (Wildman–Crippen MR) is 85.8 cm³/mol. The zero-order valence-corrected chi connectivity index (χ0v) is 12.7. The Kier molecular flexibility index (Phi) is 5.31. The van der Waals surface area contributed by atoms with E-state index in [-0.39, 0.29) is 6.10 Å². The van der Waals surface area contributed by atoms with E-state index in [9.17, 15) is 0 Å². The molecule has 2 aromatic carbocycles. The van der Waals surface area contributed by atoms with Gasteiger partial charge in [-0.05, 0) is 37.6 Å². The van der Waals surface area contributed by atoms with Crippen LogP contribution in [0.15, 0.2) is 48.5 Å². The molecule has 0 spiro atoms. The molecule has 0 aliphatic rings. The summed E-state index contributed by atoms with van der Waals surface area (Å²) >= 11 is 6.13. The van der Waals surface area contributed by atoms with Gasteiger partial charge in [0.05, 0.1) is 17.3 Å². The summed E-state index contributed by atoms with van der Waals surface area (Å²) in [5.41, 5.74) is 2.18. The summed E-state index contributed by atoms with van der Waals surface area (Å²) in [5, 5.41) is 4.07. The quantitative estimate of drug-likeness (QED) is 0.815. The summed E-state index contributed by atoms with van der Waals surface area (Å²) in [6.07, 6.45) is 1.06. The van der Waals surface area contributed by atoms with Crippen molar-refractivity contribution < 1.29 is 4.74 Å². The number of para-hydroxylation sites is 1. The van der Waals surface area contributed by atoms with Crippen LogP contribution in [0.4, 0.5) is 5.69 Å². The lowest BCUT2D eigenvalue weighted by Crippen LogP contribution is -2.25. The molecule has 0 bridgehead atoms. The minimum Gasteiger partial charge on any atom is -0.489 e. The summed E-state index contributed by atoms with van der Waals surface area (Å²) in [6, 6.07) is 15.9. The summed E-state index contributed by atoms with van der Waals surface area (Å²) in [4.78, 5) is 0. The fourth-order valence-electron chi connectivity index (χ4n) is 1.91. The van der Waals surface area contributed by atoms with E-state index in [1.807, 2.05) is 36.4 Å². The molecule has 0 aromatic heterocycles. The molecule has 0 amide bonds. The number of rotatable bonds is 6. The van der Waals surface area contributed by atoms with Gasteiger partial charge in [0.25, 0.3) is 0 Å². The van der Waals surface area contributed by atoms with Crippen LogP contribution in [0.5, 0.6) is 5.75 Å². The first kappa shape index (κ1) is 14.7. The van der Waals surface area contributed by atoms with E-state index in [0.29, 0.717) is 0 Å². The molecule has 0 fully saturated rings. The molecule has 0 heterocycles. The monoisotopic (exact) mass is 289 g/mol. The van der Waals surface area contributed by atoms with Crippen molar-refractivity contribution in [3.63, 3.8) is 0 Å². The summed E-state index contributed by atoms with van der Waals surface area (Å²) in [6.45, 7) is 4.92. The molecule has 2 rings (SSSR count). The Morgan fingerprint density at radius 1 is 1.10 bits per heavy atom. The van der Waals surface area contributed by atoms with Gasteiger partial charge < -0.3 is 10.1 Å². The highest BCUT2D eigenvalue weighted by molar-refractivity contribution is 6.33. The first-order chi connectivity index (χ1) is 9.69. The molecule has 1 atom stereocenters. The van der Waals surface area contributed by atoms with Gasteiger partial charge in [-0.1, -0.05) is 48.4 Å². The Bertz CT molecular complexity index is 539. The van der Waals surface area contributed by atoms with Gasteiger partial charge >= 0.3 is 0 Å². The Labute approximate surface area is 125 Å². The number of halogens is 1. The number of anilines is 1. The molecule has 0 saturated heterocycles. The molecule has 20 heavy (non-hydrogen) atoms. The van der Waals surface area contributed by atoms with Crippen LogP contribution in [-0.2, 0) is 0 Å². The third kappa shape index (κ3) is 4.17. The van der Waals surface area contributed by atoms with E-state index in [4.69, 9.17) is 16.3 Å². The minimum atomic E-state index is 0.119. The lowest BCUT2D eigenvalue weighted by Gasteiger charge is -2.19. The van der Waals surface area contributed by atoms with Gasteiger partial charge in [-0.2, -0.15) is 0 Å². The van der Waals surface area contributed by atoms with Gasteiger partial charge in [-0.25, -0.2) is 0 Å². The standard InChI is InChI=1S/C17H20ClNO/c1-3-14(20-15-10-8-13(2)9-11-15)12-19-17-7-5-4-6-16(17)18/h4-11,14,19H,3,12H2,1-2H3/t14-/m0/s1. The van der Waals surface area contributed by atoms with Crippen LogP contribution in [0.3, 0.4) is 0 Å². The topological polar surface area (TPSA) is 21.3 Å². The predicted octanol–water partition coefficient (Wildman–Crippen LogP) is 4.92. The largest absolute Gasteiger partial charge is 0.489 e. The Morgan fingerprint density at radius 2 is 1.80 bits per heavy atom. The highest BCUT2D eigenvalue weighted by atomic mass is 35.5. The van der Waals surface area contributed by atoms with Crippen LogP contribution in [0.2, 0.25) is 5.02 Å². The van der Waals surface area contributed by atoms with Crippen LogP contribution in [0.25, 0.3) is 0 Å². The van der Waals surface area contributed by atoms with E-state index in [0.717, 1.165) is 29.4 Å². The second-order valence-electron chi connectivity index (χ2n) is 4.82. The van der Waals surface area contributed by atoms with Crippen molar-refractivity contribution in [1.82, 2.24) is 0 Å². The summed E-state index contributed by atoms with van der Waals surface area (Å²) in [5.74, 6) is 0.906. The van der Waals surface area contributed by atoms with Gasteiger partial charge in [0.2, 0.25) is 0 Å². The fourth-order valence-corrected chi connectivity index (χ4v) is 2.11. The van der Waals surface area contributed by atoms with Crippen LogP contribution in [0, 0.1) is 6.92 Å². The number of nitrogens with one attached hydrogen (secondary N) is 1. The summed E-state index contributed by atoms with van der Waals surface area (Å²) in [7, 11) is 0.